The maximum Gasteiger partial charge on any atom is 0.253 e. The van der Waals surface area contributed by atoms with Gasteiger partial charge < -0.3 is 20.7 Å². The number of hydrogen-bond acceptors (Lipinski definition) is 4. The number of carbonyl (C=O) groups excluding carboxylic acids is 1. The molecule has 106 valence electrons. The van der Waals surface area contributed by atoms with Crippen molar-refractivity contribution in [2.75, 3.05) is 46.1 Å². The molecule has 0 aromatic heterocycles. The zero-order valence-electron chi connectivity index (χ0n) is 11.9. The predicted molar refractivity (Wildman–Crippen MR) is 77.3 cm³/mol. The van der Waals surface area contributed by atoms with Crippen molar-refractivity contribution < 1.29 is 9.53 Å². The Bertz CT molecular complexity index is 421. The number of methoxy groups -OCH3 is 1. The van der Waals surface area contributed by atoms with Gasteiger partial charge in [-0.3, -0.25) is 4.79 Å². The van der Waals surface area contributed by atoms with Gasteiger partial charge in [-0.1, -0.05) is 12.1 Å². The smallest absolute Gasteiger partial charge is 0.253 e. The summed E-state index contributed by atoms with van der Waals surface area (Å²) in [4.78, 5) is 14.1. The number of nitrogens with one attached hydrogen (secondary N) is 1. The number of anilines is 1. The van der Waals surface area contributed by atoms with Crippen molar-refractivity contribution in [3.63, 3.8) is 0 Å². The van der Waals surface area contributed by atoms with Crippen LogP contribution in [0.25, 0.3) is 0 Å². The number of ether oxygens (including phenoxy) is 1. The van der Waals surface area contributed by atoms with Crippen molar-refractivity contribution in [1.29, 1.82) is 0 Å². The van der Waals surface area contributed by atoms with E-state index in [9.17, 15) is 4.79 Å². The number of likely N-dealkylation sites (N-methyl/N-ethyl adjacent to an activating group) is 1. The second-order valence-corrected chi connectivity index (χ2v) is 4.59. The Kier molecular flexibility index (Phi) is 6.32. The average molecular weight is 265 g/mol. The molecule has 19 heavy (non-hydrogen) atoms. The summed E-state index contributed by atoms with van der Waals surface area (Å²) in [5.74, 6) is -0.124. The van der Waals surface area contributed by atoms with Gasteiger partial charge in [0.1, 0.15) is 0 Å². The first kappa shape index (κ1) is 15.5. The van der Waals surface area contributed by atoms with E-state index in [4.69, 9.17) is 10.5 Å². The number of amides is 1. The van der Waals surface area contributed by atoms with Crippen LogP contribution < -0.4 is 11.1 Å². The van der Waals surface area contributed by atoms with Gasteiger partial charge in [-0.25, -0.2) is 0 Å². The molecule has 0 atom stereocenters. The second kappa shape index (κ2) is 7.76. The molecule has 1 aromatic rings. The number of para-hydroxylation sites is 1. The van der Waals surface area contributed by atoms with Crippen LogP contribution in [0.4, 0.5) is 5.69 Å². The van der Waals surface area contributed by atoms with E-state index < -0.39 is 0 Å². The zero-order valence-corrected chi connectivity index (χ0v) is 11.9. The van der Waals surface area contributed by atoms with Crippen LogP contribution in [0.3, 0.4) is 0 Å². The lowest BCUT2D eigenvalue weighted by molar-refractivity contribution is 0.0948. The third-order valence-corrected chi connectivity index (χ3v) is 3.02. The molecule has 3 N–H and O–H groups in total. The number of nitrogen functional groups attached to an aromatic ring is 1. The molecular weight excluding hydrogens is 242 g/mol. The van der Waals surface area contributed by atoms with Gasteiger partial charge in [-0.2, -0.15) is 0 Å². The zero-order chi connectivity index (χ0) is 14.3. The summed E-state index contributed by atoms with van der Waals surface area (Å²) < 4.78 is 4.99. The lowest BCUT2D eigenvalue weighted by atomic mass is 10.1. The summed E-state index contributed by atoms with van der Waals surface area (Å²) in [7, 11) is 3.67. The van der Waals surface area contributed by atoms with Crippen LogP contribution in [0.1, 0.15) is 15.9 Å². The van der Waals surface area contributed by atoms with Gasteiger partial charge in [0.25, 0.3) is 5.91 Å². The maximum atomic E-state index is 12.0. The van der Waals surface area contributed by atoms with Crippen LogP contribution in [0.5, 0.6) is 0 Å². The van der Waals surface area contributed by atoms with E-state index in [-0.39, 0.29) is 5.91 Å². The van der Waals surface area contributed by atoms with Gasteiger partial charge in [0.15, 0.2) is 0 Å². The SMILES string of the molecule is COCCN(C)CCNC(=O)c1cccc(C)c1N. The molecule has 0 saturated heterocycles. The highest BCUT2D eigenvalue weighted by molar-refractivity contribution is 5.99. The quantitative estimate of drug-likeness (QED) is 0.718. The number of hydrogen-bond donors (Lipinski definition) is 2. The molecule has 0 saturated carbocycles. The summed E-state index contributed by atoms with van der Waals surface area (Å²) >= 11 is 0. The van der Waals surface area contributed by atoms with Crippen LogP contribution >= 0.6 is 0 Å². The van der Waals surface area contributed by atoms with Gasteiger partial charge in [0.2, 0.25) is 0 Å². The molecule has 0 bridgehead atoms. The molecule has 0 radical (unpaired) electrons. The van der Waals surface area contributed by atoms with E-state index >= 15 is 0 Å². The third-order valence-electron chi connectivity index (χ3n) is 3.02. The topological polar surface area (TPSA) is 67.6 Å². The minimum Gasteiger partial charge on any atom is -0.398 e. The average Bonchev–Trinajstić information content (AvgIpc) is 2.39. The summed E-state index contributed by atoms with van der Waals surface area (Å²) in [5, 5.41) is 2.87. The van der Waals surface area contributed by atoms with E-state index in [0.29, 0.717) is 24.4 Å². The fourth-order valence-corrected chi connectivity index (χ4v) is 1.69. The number of aryl methyl sites for hydroxylation is 1. The number of nitrogens with zero attached hydrogens (tertiary/aromatic N) is 1. The molecule has 0 unspecified atom stereocenters. The van der Waals surface area contributed by atoms with E-state index in [1.807, 2.05) is 26.1 Å². The molecule has 5 nitrogen and oxygen atoms in total. The summed E-state index contributed by atoms with van der Waals surface area (Å²) in [6.45, 7) is 4.80. The molecule has 0 spiro atoms. The minimum atomic E-state index is -0.124. The largest absolute Gasteiger partial charge is 0.398 e. The van der Waals surface area contributed by atoms with Gasteiger partial charge in [-0.15, -0.1) is 0 Å². The molecule has 0 aliphatic heterocycles. The van der Waals surface area contributed by atoms with Crippen LogP contribution in [0.15, 0.2) is 18.2 Å². The number of nitrogens with two attached hydrogens (primary N) is 1. The number of benzene rings is 1. The van der Waals surface area contributed by atoms with Crippen LogP contribution in [0.2, 0.25) is 0 Å². The summed E-state index contributed by atoms with van der Waals surface area (Å²) in [5.41, 5.74) is 7.90. The molecule has 0 heterocycles. The number of rotatable bonds is 7. The minimum absolute atomic E-state index is 0.124. The van der Waals surface area contributed by atoms with Crippen molar-refractivity contribution in [3.05, 3.63) is 29.3 Å². The van der Waals surface area contributed by atoms with Crippen molar-refractivity contribution in [2.24, 2.45) is 0 Å². The van der Waals surface area contributed by atoms with E-state index in [1.165, 1.54) is 0 Å². The monoisotopic (exact) mass is 265 g/mol. The third kappa shape index (κ3) is 4.89. The standard InChI is InChI=1S/C14H23N3O2/c1-11-5-4-6-12(13(11)15)14(18)16-7-8-17(2)9-10-19-3/h4-6H,7-10,15H2,1-3H3,(H,16,18). The van der Waals surface area contributed by atoms with Gasteiger partial charge >= 0.3 is 0 Å². The first-order valence-electron chi connectivity index (χ1n) is 6.37. The highest BCUT2D eigenvalue weighted by Gasteiger charge is 2.10. The molecule has 0 aliphatic rings. The molecule has 1 aromatic carbocycles. The highest BCUT2D eigenvalue weighted by Crippen LogP contribution is 2.15. The summed E-state index contributed by atoms with van der Waals surface area (Å²) in [6.07, 6.45) is 0. The summed E-state index contributed by atoms with van der Waals surface area (Å²) in [6, 6.07) is 5.47. The molecule has 0 aliphatic carbocycles. The van der Waals surface area contributed by atoms with Gasteiger partial charge in [-0.05, 0) is 25.6 Å². The Morgan fingerprint density at radius 1 is 1.42 bits per heavy atom. The lowest BCUT2D eigenvalue weighted by Crippen LogP contribution is -2.34. The van der Waals surface area contributed by atoms with E-state index in [1.54, 1.807) is 13.2 Å². The van der Waals surface area contributed by atoms with Crippen LogP contribution in [-0.4, -0.2) is 51.2 Å². The lowest BCUT2D eigenvalue weighted by Gasteiger charge is -2.16. The Labute approximate surface area is 114 Å². The van der Waals surface area contributed by atoms with E-state index in [2.05, 4.69) is 10.2 Å². The molecule has 5 heteroatoms. The van der Waals surface area contributed by atoms with Crippen LogP contribution in [-0.2, 0) is 4.74 Å². The Morgan fingerprint density at radius 3 is 2.84 bits per heavy atom. The Morgan fingerprint density at radius 2 is 2.16 bits per heavy atom. The highest BCUT2D eigenvalue weighted by atomic mass is 16.5. The first-order valence-corrected chi connectivity index (χ1v) is 6.37. The van der Waals surface area contributed by atoms with Crippen molar-refractivity contribution in [3.8, 4) is 0 Å². The molecule has 1 amide bonds. The van der Waals surface area contributed by atoms with E-state index in [0.717, 1.165) is 18.7 Å². The fraction of sp³-hybridized carbons (Fsp3) is 0.500. The Hall–Kier alpha value is -1.59. The van der Waals surface area contributed by atoms with Gasteiger partial charge in [0, 0.05) is 32.4 Å². The normalized spacial score (nSPS) is 10.7. The predicted octanol–water partition coefficient (Wildman–Crippen LogP) is 0.885. The number of carbonyl (C=O) groups is 1. The maximum absolute atomic E-state index is 12.0. The van der Waals surface area contributed by atoms with Gasteiger partial charge in [0.05, 0.1) is 12.2 Å². The first-order chi connectivity index (χ1) is 9.06. The Balaban J connectivity index is 2.41. The van der Waals surface area contributed by atoms with Crippen molar-refractivity contribution in [2.45, 2.75) is 6.92 Å². The molecule has 1 rings (SSSR count). The second-order valence-electron chi connectivity index (χ2n) is 4.59. The van der Waals surface area contributed by atoms with Crippen molar-refractivity contribution >= 4 is 11.6 Å². The fourth-order valence-electron chi connectivity index (χ4n) is 1.69. The van der Waals surface area contributed by atoms with Crippen molar-refractivity contribution in [1.82, 2.24) is 10.2 Å². The molecular formula is C14H23N3O2. The molecule has 0 fully saturated rings. The van der Waals surface area contributed by atoms with Crippen LogP contribution in [0, 0.1) is 6.92 Å².